The number of ether oxygens (including phenoxy) is 2. The van der Waals surface area contributed by atoms with Crippen LogP contribution in [0.3, 0.4) is 0 Å². The van der Waals surface area contributed by atoms with Crippen molar-refractivity contribution in [3.05, 3.63) is 107 Å². The predicted octanol–water partition coefficient (Wildman–Crippen LogP) is 4.68. The molecular formula is C27H21N5O4. The van der Waals surface area contributed by atoms with Gasteiger partial charge in [-0.1, -0.05) is 41.6 Å². The topological polar surface area (TPSA) is 103 Å². The molecule has 6 rings (SSSR count). The third-order valence-electron chi connectivity index (χ3n) is 5.95. The molecular weight excluding hydrogens is 458 g/mol. The van der Waals surface area contributed by atoms with E-state index in [0.29, 0.717) is 23.1 Å². The zero-order valence-corrected chi connectivity index (χ0v) is 19.3. The van der Waals surface area contributed by atoms with Gasteiger partial charge in [0.25, 0.3) is 0 Å². The normalized spacial score (nSPS) is 14.3. The second-order valence-electron chi connectivity index (χ2n) is 8.21. The van der Waals surface area contributed by atoms with Crippen molar-refractivity contribution in [3.8, 4) is 23.1 Å². The molecule has 1 aliphatic heterocycles. The highest BCUT2D eigenvalue weighted by atomic mass is 16.6. The summed E-state index contributed by atoms with van der Waals surface area (Å²) < 4.78 is 12.9. The first kappa shape index (κ1) is 21.6. The van der Waals surface area contributed by atoms with E-state index in [1.54, 1.807) is 36.3 Å². The molecule has 0 saturated carbocycles. The molecule has 1 N–H and O–H groups in total. The van der Waals surface area contributed by atoms with Crippen molar-refractivity contribution in [1.82, 2.24) is 19.6 Å². The lowest BCUT2D eigenvalue weighted by Crippen LogP contribution is -2.14. The fourth-order valence-electron chi connectivity index (χ4n) is 4.28. The molecule has 0 fully saturated rings. The molecule has 0 unspecified atom stereocenters. The number of phenols is 1. The van der Waals surface area contributed by atoms with E-state index >= 15 is 0 Å². The zero-order valence-electron chi connectivity index (χ0n) is 19.3. The lowest BCUT2D eigenvalue weighted by Gasteiger charge is -2.27. The van der Waals surface area contributed by atoms with Gasteiger partial charge in [-0.2, -0.15) is 0 Å². The van der Waals surface area contributed by atoms with Gasteiger partial charge < -0.3 is 19.4 Å². The van der Waals surface area contributed by atoms with Crippen LogP contribution in [0.5, 0.6) is 23.1 Å². The van der Waals surface area contributed by atoms with E-state index in [1.165, 1.54) is 0 Å². The number of hydrogen-bond acceptors (Lipinski definition) is 8. The standard InChI is InChI=1S/C27H21N5O4/c1-34-20-10-7-17(8-11-20)14-29-35-15-23-30-26-25-24(18-5-3-2-4-6-18)21-12-9-19(33)13-22(21)36-27(25)28-16-32(26)31-23/h2-14,16,24,33H,15H2,1H3/b29-14-/t24-/m1/s1. The van der Waals surface area contributed by atoms with Gasteiger partial charge in [0.15, 0.2) is 18.1 Å². The Kier molecular flexibility index (Phi) is 5.42. The molecule has 1 atom stereocenters. The van der Waals surface area contributed by atoms with Crippen LogP contribution in [0.1, 0.15) is 34.0 Å². The van der Waals surface area contributed by atoms with Crippen LogP contribution in [0.4, 0.5) is 0 Å². The van der Waals surface area contributed by atoms with Gasteiger partial charge in [0, 0.05) is 17.5 Å². The summed E-state index contributed by atoms with van der Waals surface area (Å²) in [5, 5.41) is 18.6. The smallest absolute Gasteiger partial charge is 0.228 e. The van der Waals surface area contributed by atoms with Crippen LogP contribution in [-0.2, 0) is 11.4 Å². The Hall–Kier alpha value is -4.92. The lowest BCUT2D eigenvalue weighted by molar-refractivity contribution is 0.126. The summed E-state index contributed by atoms with van der Waals surface area (Å²) in [5.74, 6) is 2.14. The first-order chi connectivity index (χ1) is 17.7. The summed E-state index contributed by atoms with van der Waals surface area (Å²) in [6.07, 6.45) is 3.17. The van der Waals surface area contributed by atoms with Gasteiger partial charge >= 0.3 is 0 Å². The molecule has 0 bridgehead atoms. The fraction of sp³-hybridized carbons (Fsp3) is 0.111. The molecule has 0 radical (unpaired) electrons. The second kappa shape index (κ2) is 9.03. The van der Waals surface area contributed by atoms with Gasteiger partial charge in [-0.15, -0.1) is 5.10 Å². The Morgan fingerprint density at radius 3 is 2.72 bits per heavy atom. The maximum atomic E-state index is 10.0. The number of fused-ring (bicyclic) bond motifs is 4. The summed E-state index contributed by atoms with van der Waals surface area (Å²) in [4.78, 5) is 14.7. The molecule has 5 aromatic rings. The Balaban J connectivity index is 1.32. The molecule has 0 saturated heterocycles. The van der Waals surface area contributed by atoms with Crippen LogP contribution < -0.4 is 9.47 Å². The first-order valence-electron chi connectivity index (χ1n) is 11.3. The number of hydrogen-bond donors (Lipinski definition) is 1. The molecule has 0 aliphatic carbocycles. The third kappa shape index (κ3) is 3.96. The van der Waals surface area contributed by atoms with Crippen LogP contribution in [0, 0.1) is 0 Å². The van der Waals surface area contributed by atoms with Crippen LogP contribution in [0.2, 0.25) is 0 Å². The van der Waals surface area contributed by atoms with Crippen LogP contribution in [0.25, 0.3) is 5.65 Å². The fourth-order valence-corrected chi connectivity index (χ4v) is 4.28. The Morgan fingerprint density at radius 2 is 1.92 bits per heavy atom. The molecule has 9 nitrogen and oxygen atoms in total. The SMILES string of the molecule is COc1ccc(/C=N\OCc2nc3c4c(ncn3n2)Oc2cc(O)ccc2[C@H]4c2ccccc2)cc1. The molecule has 0 amide bonds. The van der Waals surface area contributed by atoms with Crippen molar-refractivity contribution in [2.45, 2.75) is 12.5 Å². The molecule has 9 heteroatoms. The van der Waals surface area contributed by atoms with Gasteiger partial charge in [-0.25, -0.2) is 14.5 Å². The van der Waals surface area contributed by atoms with E-state index in [9.17, 15) is 5.11 Å². The summed E-state index contributed by atoms with van der Waals surface area (Å²) in [5.41, 5.74) is 4.25. The highest BCUT2D eigenvalue weighted by Gasteiger charge is 2.33. The first-order valence-corrected chi connectivity index (χ1v) is 11.3. The molecule has 0 spiro atoms. The number of nitrogens with zero attached hydrogens (tertiary/aromatic N) is 5. The highest BCUT2D eigenvalue weighted by Crippen LogP contribution is 2.48. The predicted molar refractivity (Wildman–Crippen MR) is 132 cm³/mol. The molecule has 3 aromatic carbocycles. The highest BCUT2D eigenvalue weighted by molar-refractivity contribution is 5.79. The lowest BCUT2D eigenvalue weighted by atomic mass is 9.84. The number of benzene rings is 3. The summed E-state index contributed by atoms with van der Waals surface area (Å²) in [6.45, 7) is 0.0877. The minimum atomic E-state index is -0.201. The summed E-state index contributed by atoms with van der Waals surface area (Å²) in [7, 11) is 1.62. The molecule has 2 aromatic heterocycles. The van der Waals surface area contributed by atoms with Crippen LogP contribution in [-0.4, -0.2) is 38.0 Å². The van der Waals surface area contributed by atoms with Crippen molar-refractivity contribution in [1.29, 1.82) is 0 Å². The zero-order chi connectivity index (χ0) is 24.5. The Morgan fingerprint density at radius 1 is 1.08 bits per heavy atom. The molecule has 3 heterocycles. The number of methoxy groups -OCH3 is 1. The Bertz CT molecular complexity index is 1570. The van der Waals surface area contributed by atoms with Crippen molar-refractivity contribution in [3.63, 3.8) is 0 Å². The van der Waals surface area contributed by atoms with Crippen LogP contribution >= 0.6 is 0 Å². The maximum absolute atomic E-state index is 10.0. The number of phenolic OH excluding ortho intramolecular Hbond substituents is 1. The average Bonchev–Trinajstić information content (AvgIpc) is 3.34. The van der Waals surface area contributed by atoms with E-state index < -0.39 is 0 Å². The van der Waals surface area contributed by atoms with Crippen molar-refractivity contribution in [2.75, 3.05) is 7.11 Å². The van der Waals surface area contributed by atoms with Gasteiger partial charge in [-0.3, -0.25) is 0 Å². The van der Waals surface area contributed by atoms with E-state index in [0.717, 1.165) is 28.0 Å². The van der Waals surface area contributed by atoms with E-state index in [4.69, 9.17) is 19.3 Å². The van der Waals surface area contributed by atoms with E-state index in [2.05, 4.69) is 15.2 Å². The largest absolute Gasteiger partial charge is 0.508 e. The van der Waals surface area contributed by atoms with Crippen molar-refractivity contribution >= 4 is 11.9 Å². The summed E-state index contributed by atoms with van der Waals surface area (Å²) >= 11 is 0. The molecule has 178 valence electrons. The van der Waals surface area contributed by atoms with E-state index in [1.807, 2.05) is 60.7 Å². The van der Waals surface area contributed by atoms with Gasteiger partial charge in [0.05, 0.1) is 18.9 Å². The van der Waals surface area contributed by atoms with Crippen LogP contribution in [0.15, 0.2) is 84.3 Å². The average molecular weight is 479 g/mol. The van der Waals surface area contributed by atoms with E-state index in [-0.39, 0.29) is 18.3 Å². The van der Waals surface area contributed by atoms with Crippen molar-refractivity contribution in [2.24, 2.45) is 5.16 Å². The quantitative estimate of drug-likeness (QED) is 0.273. The molecule has 1 aliphatic rings. The number of aromatic hydroxyl groups is 1. The number of aromatic nitrogens is 4. The van der Waals surface area contributed by atoms with Crippen molar-refractivity contribution < 1.29 is 19.4 Å². The minimum absolute atomic E-state index is 0.0877. The van der Waals surface area contributed by atoms with Gasteiger partial charge in [-0.05, 0) is 41.5 Å². The van der Waals surface area contributed by atoms with Gasteiger partial charge in [0.1, 0.15) is 23.6 Å². The molecule has 36 heavy (non-hydrogen) atoms. The van der Waals surface area contributed by atoms with Gasteiger partial charge in [0.2, 0.25) is 5.88 Å². The third-order valence-corrected chi connectivity index (χ3v) is 5.95. The monoisotopic (exact) mass is 479 g/mol. The maximum Gasteiger partial charge on any atom is 0.228 e. The minimum Gasteiger partial charge on any atom is -0.508 e. The number of rotatable bonds is 6. The number of oxime groups is 1. The Labute approximate surface area is 206 Å². The summed E-state index contributed by atoms with van der Waals surface area (Å²) in [6, 6.07) is 22.6. The second-order valence-corrected chi connectivity index (χ2v) is 8.21.